The molecule has 2 aromatic carbocycles. The summed E-state index contributed by atoms with van der Waals surface area (Å²) >= 11 is 0. The fourth-order valence-electron chi connectivity index (χ4n) is 3.49. The second-order valence-electron chi connectivity index (χ2n) is 7.15. The summed E-state index contributed by atoms with van der Waals surface area (Å²) in [6.45, 7) is 4.05. The van der Waals surface area contributed by atoms with Crippen LogP contribution in [-0.4, -0.2) is 15.5 Å². The highest BCUT2D eigenvalue weighted by Gasteiger charge is 2.32. The van der Waals surface area contributed by atoms with Gasteiger partial charge < -0.3 is 5.32 Å². The standard InChI is InChI=1S/C22H21N3O2/c1-14(2)12-18-20-23-17-11-7-6-10-16(17)22(27)25(20)19(21(26)24-18)13-15-8-4-3-5-9-15/h3-12,14,19H,13H2,1-2H3,(H,24,26)/b18-12-/t19-/m1/s1. The Kier molecular flexibility index (Phi) is 4.36. The van der Waals surface area contributed by atoms with E-state index in [-0.39, 0.29) is 17.4 Å². The van der Waals surface area contributed by atoms with Gasteiger partial charge in [0.25, 0.3) is 5.56 Å². The molecule has 0 aliphatic carbocycles. The number of carbonyl (C=O) groups excluding carboxylic acids is 1. The second-order valence-corrected chi connectivity index (χ2v) is 7.15. The fraction of sp³-hybridized carbons (Fsp3) is 0.227. The first-order valence-electron chi connectivity index (χ1n) is 9.13. The molecule has 1 aliphatic rings. The van der Waals surface area contributed by atoms with Gasteiger partial charge in [-0.05, 0) is 23.6 Å². The van der Waals surface area contributed by atoms with Crippen molar-refractivity contribution < 1.29 is 4.79 Å². The van der Waals surface area contributed by atoms with Crippen molar-refractivity contribution in [2.24, 2.45) is 5.92 Å². The number of nitrogens with one attached hydrogen (secondary N) is 1. The lowest BCUT2D eigenvalue weighted by molar-refractivity contribution is -0.123. The van der Waals surface area contributed by atoms with Crippen LogP contribution in [0.25, 0.3) is 16.6 Å². The van der Waals surface area contributed by atoms with Crippen molar-refractivity contribution in [3.8, 4) is 0 Å². The summed E-state index contributed by atoms with van der Waals surface area (Å²) in [5.74, 6) is 0.549. The normalized spacial score (nSPS) is 18.0. The number of rotatable bonds is 3. The molecule has 0 unspecified atom stereocenters. The lowest BCUT2D eigenvalue weighted by atomic mass is 10.0. The molecule has 1 amide bonds. The molecule has 0 spiro atoms. The minimum Gasteiger partial charge on any atom is -0.321 e. The molecule has 1 aliphatic heterocycles. The minimum absolute atomic E-state index is 0.180. The third-order valence-electron chi connectivity index (χ3n) is 4.69. The summed E-state index contributed by atoms with van der Waals surface area (Å²) < 4.78 is 1.56. The number of benzene rings is 2. The number of amides is 1. The SMILES string of the molecule is CC(C)/C=C1\NC(=O)[C@@H](Cc2ccccc2)n2c1nc1ccccc1c2=O. The van der Waals surface area contributed by atoms with Crippen LogP contribution in [-0.2, 0) is 11.2 Å². The van der Waals surface area contributed by atoms with Crippen LogP contribution < -0.4 is 10.9 Å². The van der Waals surface area contributed by atoms with Crippen molar-refractivity contribution in [2.75, 3.05) is 0 Å². The van der Waals surface area contributed by atoms with E-state index in [9.17, 15) is 9.59 Å². The van der Waals surface area contributed by atoms with Gasteiger partial charge >= 0.3 is 0 Å². The quantitative estimate of drug-likeness (QED) is 0.780. The molecule has 1 N–H and O–H groups in total. The molecule has 5 heteroatoms. The Bertz CT molecular complexity index is 1100. The monoisotopic (exact) mass is 359 g/mol. The van der Waals surface area contributed by atoms with E-state index in [1.807, 2.05) is 68.5 Å². The molecular weight excluding hydrogens is 338 g/mol. The van der Waals surface area contributed by atoms with Gasteiger partial charge in [0.05, 0.1) is 16.6 Å². The van der Waals surface area contributed by atoms with Crippen LogP contribution in [0.2, 0.25) is 0 Å². The number of para-hydroxylation sites is 1. The highest BCUT2D eigenvalue weighted by Crippen LogP contribution is 2.26. The van der Waals surface area contributed by atoms with Gasteiger partial charge in [-0.3, -0.25) is 14.2 Å². The van der Waals surface area contributed by atoms with Crippen molar-refractivity contribution in [3.05, 3.63) is 82.4 Å². The number of allylic oxidation sites excluding steroid dienone is 1. The topological polar surface area (TPSA) is 64.0 Å². The Morgan fingerprint density at radius 3 is 2.52 bits per heavy atom. The van der Waals surface area contributed by atoms with Crippen LogP contribution in [0, 0.1) is 5.92 Å². The molecule has 4 rings (SSSR count). The first-order valence-corrected chi connectivity index (χ1v) is 9.13. The molecule has 2 heterocycles. The summed E-state index contributed by atoms with van der Waals surface area (Å²) in [5.41, 5.74) is 2.06. The molecule has 1 atom stereocenters. The molecule has 0 saturated carbocycles. The van der Waals surface area contributed by atoms with Crippen molar-refractivity contribution in [2.45, 2.75) is 26.3 Å². The number of fused-ring (bicyclic) bond motifs is 2. The minimum atomic E-state index is -0.628. The predicted molar refractivity (Wildman–Crippen MR) is 106 cm³/mol. The van der Waals surface area contributed by atoms with Crippen molar-refractivity contribution in [3.63, 3.8) is 0 Å². The Balaban J connectivity index is 1.95. The highest BCUT2D eigenvalue weighted by atomic mass is 16.2. The van der Waals surface area contributed by atoms with Gasteiger partial charge in [0.2, 0.25) is 5.91 Å². The molecular formula is C22H21N3O2. The molecule has 136 valence electrons. The first kappa shape index (κ1) is 17.2. The Morgan fingerprint density at radius 1 is 1.07 bits per heavy atom. The third kappa shape index (κ3) is 3.16. The zero-order valence-electron chi connectivity index (χ0n) is 15.3. The van der Waals surface area contributed by atoms with Crippen molar-refractivity contribution in [1.29, 1.82) is 0 Å². The van der Waals surface area contributed by atoms with Gasteiger partial charge in [0.15, 0.2) is 5.82 Å². The zero-order valence-corrected chi connectivity index (χ0v) is 15.3. The van der Waals surface area contributed by atoms with Gasteiger partial charge in [0, 0.05) is 6.42 Å². The van der Waals surface area contributed by atoms with Gasteiger partial charge in [-0.2, -0.15) is 0 Å². The van der Waals surface area contributed by atoms with Crippen molar-refractivity contribution in [1.82, 2.24) is 14.9 Å². The number of hydrogen-bond acceptors (Lipinski definition) is 3. The third-order valence-corrected chi connectivity index (χ3v) is 4.69. The number of carbonyl (C=O) groups is 1. The Morgan fingerprint density at radius 2 is 1.78 bits per heavy atom. The maximum atomic E-state index is 13.3. The van der Waals surface area contributed by atoms with Gasteiger partial charge in [0.1, 0.15) is 6.04 Å². The van der Waals surface area contributed by atoms with Crippen LogP contribution >= 0.6 is 0 Å². The maximum Gasteiger partial charge on any atom is 0.262 e. The summed E-state index contributed by atoms with van der Waals surface area (Å²) in [4.78, 5) is 30.9. The van der Waals surface area contributed by atoms with Crippen LogP contribution in [0.3, 0.4) is 0 Å². The smallest absolute Gasteiger partial charge is 0.262 e. The Labute approximate surface area is 157 Å². The predicted octanol–water partition coefficient (Wildman–Crippen LogP) is 3.31. The molecule has 27 heavy (non-hydrogen) atoms. The average Bonchev–Trinajstić information content (AvgIpc) is 2.65. The first-order chi connectivity index (χ1) is 13.0. The van der Waals surface area contributed by atoms with E-state index < -0.39 is 6.04 Å². The molecule has 1 aromatic heterocycles. The molecule has 5 nitrogen and oxygen atoms in total. The largest absolute Gasteiger partial charge is 0.321 e. The summed E-state index contributed by atoms with van der Waals surface area (Å²) in [6, 6.07) is 16.4. The molecule has 3 aromatic rings. The summed E-state index contributed by atoms with van der Waals surface area (Å²) in [7, 11) is 0. The van der Waals surface area contributed by atoms with Gasteiger partial charge in [-0.1, -0.05) is 62.4 Å². The second kappa shape index (κ2) is 6.83. The molecule has 0 fully saturated rings. The van der Waals surface area contributed by atoms with Gasteiger partial charge in [-0.15, -0.1) is 0 Å². The highest BCUT2D eigenvalue weighted by molar-refractivity contribution is 5.93. The number of aromatic nitrogens is 2. The van der Waals surface area contributed by atoms with E-state index >= 15 is 0 Å². The van der Waals surface area contributed by atoms with Crippen LogP contribution in [0.4, 0.5) is 0 Å². The van der Waals surface area contributed by atoms with E-state index in [0.717, 1.165) is 5.56 Å². The van der Waals surface area contributed by atoms with Crippen LogP contribution in [0.15, 0.2) is 65.5 Å². The lowest BCUT2D eigenvalue weighted by Crippen LogP contribution is -2.45. The molecule has 0 radical (unpaired) electrons. The lowest BCUT2D eigenvalue weighted by Gasteiger charge is -2.29. The molecule has 0 saturated heterocycles. The van der Waals surface area contributed by atoms with E-state index in [1.54, 1.807) is 10.6 Å². The fourth-order valence-corrected chi connectivity index (χ4v) is 3.49. The zero-order chi connectivity index (χ0) is 19.0. The maximum absolute atomic E-state index is 13.3. The summed E-state index contributed by atoms with van der Waals surface area (Å²) in [5, 5.41) is 3.49. The van der Waals surface area contributed by atoms with E-state index in [4.69, 9.17) is 4.98 Å². The van der Waals surface area contributed by atoms with E-state index in [0.29, 0.717) is 28.8 Å². The number of hydrogen-bond donors (Lipinski definition) is 1. The number of nitrogens with zero attached hydrogens (tertiary/aromatic N) is 2. The van der Waals surface area contributed by atoms with E-state index in [2.05, 4.69) is 5.32 Å². The van der Waals surface area contributed by atoms with Crippen LogP contribution in [0.1, 0.15) is 31.3 Å². The van der Waals surface area contributed by atoms with Crippen molar-refractivity contribution >= 4 is 22.5 Å². The van der Waals surface area contributed by atoms with Gasteiger partial charge in [-0.25, -0.2) is 4.98 Å². The molecule has 0 bridgehead atoms. The average molecular weight is 359 g/mol. The van der Waals surface area contributed by atoms with Crippen LogP contribution in [0.5, 0.6) is 0 Å². The Hall–Kier alpha value is -3.21. The summed E-state index contributed by atoms with van der Waals surface area (Å²) in [6.07, 6.45) is 2.37. The van der Waals surface area contributed by atoms with E-state index in [1.165, 1.54) is 0 Å².